The minimum atomic E-state index is -4.47. The Morgan fingerprint density at radius 3 is 2.69 bits per heavy atom. The number of alkyl halides is 3. The van der Waals surface area contributed by atoms with Crippen molar-refractivity contribution in [2.24, 2.45) is 0 Å². The highest BCUT2D eigenvalue weighted by atomic mass is 79.9. The van der Waals surface area contributed by atoms with Gasteiger partial charge in [-0.1, -0.05) is 0 Å². The third kappa shape index (κ3) is 3.85. The summed E-state index contributed by atoms with van der Waals surface area (Å²) < 4.78 is 54.2. The van der Waals surface area contributed by atoms with Crippen molar-refractivity contribution in [2.45, 2.75) is 24.9 Å². The number of fused-ring (bicyclic) bond motifs is 1. The number of hydrogen-bond acceptors (Lipinski definition) is 3. The van der Waals surface area contributed by atoms with E-state index in [1.165, 1.54) is 28.7 Å². The summed E-state index contributed by atoms with van der Waals surface area (Å²) >= 11 is 3.21. The number of piperidine rings is 1. The Bertz CT molecular complexity index is 1080. The van der Waals surface area contributed by atoms with Crippen LogP contribution in [0, 0.1) is 5.82 Å². The van der Waals surface area contributed by atoms with Crippen molar-refractivity contribution in [2.75, 3.05) is 13.1 Å². The van der Waals surface area contributed by atoms with Crippen molar-refractivity contribution < 1.29 is 22.4 Å². The zero-order chi connectivity index (χ0) is 20.8. The fourth-order valence-electron chi connectivity index (χ4n) is 3.56. The van der Waals surface area contributed by atoms with Crippen LogP contribution in [-0.4, -0.2) is 38.5 Å². The van der Waals surface area contributed by atoms with Gasteiger partial charge in [0.1, 0.15) is 11.6 Å². The first-order valence-electron chi connectivity index (χ1n) is 8.90. The summed E-state index contributed by atoms with van der Waals surface area (Å²) in [6.45, 7) is 0.795. The van der Waals surface area contributed by atoms with Gasteiger partial charge < -0.3 is 4.90 Å². The normalized spacial score (nSPS) is 17.7. The Balaban J connectivity index is 1.62. The zero-order valence-electron chi connectivity index (χ0n) is 15.0. The Morgan fingerprint density at radius 2 is 1.97 bits per heavy atom. The molecule has 1 aliphatic rings. The molecule has 1 unspecified atom stereocenters. The molecule has 1 saturated heterocycles. The molecular weight excluding hydrogens is 456 g/mol. The molecule has 0 bridgehead atoms. The number of likely N-dealkylation sites (tertiary alicyclic amines) is 1. The highest BCUT2D eigenvalue weighted by molar-refractivity contribution is 9.10. The van der Waals surface area contributed by atoms with Crippen LogP contribution < -0.4 is 0 Å². The Hall–Kier alpha value is -2.49. The number of pyridine rings is 1. The van der Waals surface area contributed by atoms with Crippen LogP contribution in [0.15, 0.2) is 41.0 Å². The van der Waals surface area contributed by atoms with E-state index in [4.69, 9.17) is 0 Å². The van der Waals surface area contributed by atoms with Gasteiger partial charge in [-0.05, 0) is 59.1 Å². The van der Waals surface area contributed by atoms with Gasteiger partial charge in [0.15, 0.2) is 5.65 Å². The largest absolute Gasteiger partial charge is 0.417 e. The van der Waals surface area contributed by atoms with Crippen molar-refractivity contribution in [3.63, 3.8) is 0 Å². The molecule has 1 atom stereocenters. The van der Waals surface area contributed by atoms with E-state index in [0.29, 0.717) is 47.4 Å². The molecule has 0 radical (unpaired) electrons. The average Bonchev–Trinajstić information content (AvgIpc) is 3.10. The maximum Gasteiger partial charge on any atom is 0.417 e. The van der Waals surface area contributed by atoms with Crippen LogP contribution in [0.4, 0.5) is 17.6 Å². The molecule has 5 nitrogen and oxygen atoms in total. The molecule has 0 saturated carbocycles. The Labute approximate surface area is 171 Å². The Morgan fingerprint density at radius 1 is 1.17 bits per heavy atom. The quantitative estimate of drug-likeness (QED) is 0.511. The second-order valence-corrected chi connectivity index (χ2v) is 7.77. The predicted octanol–water partition coefficient (Wildman–Crippen LogP) is 4.67. The number of aromatic nitrogens is 3. The highest BCUT2D eigenvalue weighted by Crippen LogP contribution is 2.32. The van der Waals surface area contributed by atoms with Gasteiger partial charge in [0, 0.05) is 29.7 Å². The Kier molecular flexibility index (Phi) is 5.05. The lowest BCUT2D eigenvalue weighted by Gasteiger charge is -2.32. The molecule has 0 N–H and O–H groups in total. The first-order chi connectivity index (χ1) is 13.7. The molecule has 152 valence electrons. The number of rotatable bonds is 2. The number of nitrogens with zero attached hydrogens (tertiary/aromatic N) is 4. The van der Waals surface area contributed by atoms with E-state index in [-0.39, 0.29) is 11.8 Å². The van der Waals surface area contributed by atoms with Gasteiger partial charge in [-0.2, -0.15) is 13.2 Å². The lowest BCUT2D eigenvalue weighted by atomic mass is 9.96. The average molecular weight is 471 g/mol. The zero-order valence-corrected chi connectivity index (χ0v) is 16.5. The number of carbonyl (C=O) groups excluding carboxylic acids is 1. The summed E-state index contributed by atoms with van der Waals surface area (Å²) in [4.78, 5) is 14.5. The molecule has 2 aromatic heterocycles. The molecule has 10 heteroatoms. The van der Waals surface area contributed by atoms with E-state index >= 15 is 0 Å². The van der Waals surface area contributed by atoms with Crippen LogP contribution in [-0.2, 0) is 6.18 Å². The SMILES string of the molecule is O=C(c1ccc(F)cc1Br)N1CCCC(c2nnc3ccc(C(F)(F)F)cn23)C1. The molecule has 4 rings (SSSR count). The lowest BCUT2D eigenvalue weighted by molar-refractivity contribution is -0.137. The van der Waals surface area contributed by atoms with Gasteiger partial charge >= 0.3 is 6.18 Å². The monoisotopic (exact) mass is 470 g/mol. The van der Waals surface area contributed by atoms with Gasteiger partial charge in [-0.25, -0.2) is 4.39 Å². The lowest BCUT2D eigenvalue weighted by Crippen LogP contribution is -2.39. The smallest absolute Gasteiger partial charge is 0.338 e. The molecule has 1 fully saturated rings. The minimum Gasteiger partial charge on any atom is -0.338 e. The summed E-state index contributed by atoms with van der Waals surface area (Å²) in [7, 11) is 0. The molecule has 0 spiro atoms. The van der Waals surface area contributed by atoms with E-state index < -0.39 is 17.6 Å². The summed E-state index contributed by atoms with van der Waals surface area (Å²) in [6, 6.07) is 6.09. The second kappa shape index (κ2) is 7.40. The fourth-order valence-corrected chi connectivity index (χ4v) is 4.08. The van der Waals surface area contributed by atoms with Crippen molar-refractivity contribution in [1.29, 1.82) is 0 Å². The van der Waals surface area contributed by atoms with Crippen LogP contribution in [0.5, 0.6) is 0 Å². The van der Waals surface area contributed by atoms with Crippen molar-refractivity contribution in [3.05, 3.63) is 63.8 Å². The third-order valence-corrected chi connectivity index (χ3v) is 5.65. The van der Waals surface area contributed by atoms with Crippen molar-refractivity contribution in [1.82, 2.24) is 19.5 Å². The topological polar surface area (TPSA) is 50.5 Å². The van der Waals surface area contributed by atoms with Crippen LogP contribution in [0.25, 0.3) is 5.65 Å². The number of halogens is 5. The van der Waals surface area contributed by atoms with E-state index in [9.17, 15) is 22.4 Å². The second-order valence-electron chi connectivity index (χ2n) is 6.92. The van der Waals surface area contributed by atoms with Gasteiger partial charge in [0.05, 0.1) is 11.1 Å². The van der Waals surface area contributed by atoms with Crippen molar-refractivity contribution >= 4 is 27.5 Å². The molecule has 3 aromatic rings. The predicted molar refractivity (Wildman–Crippen MR) is 100.0 cm³/mol. The maximum absolute atomic E-state index is 13.3. The summed E-state index contributed by atoms with van der Waals surface area (Å²) in [5.41, 5.74) is -0.139. The van der Waals surface area contributed by atoms with Crippen LogP contribution in [0.1, 0.15) is 40.5 Å². The third-order valence-electron chi connectivity index (χ3n) is 4.99. The first kappa shape index (κ1) is 19.8. The molecular formula is C19H15BrF4N4O. The highest BCUT2D eigenvalue weighted by Gasteiger charge is 2.33. The maximum atomic E-state index is 13.3. The number of benzene rings is 1. The van der Waals surface area contributed by atoms with E-state index in [2.05, 4.69) is 26.1 Å². The van der Waals surface area contributed by atoms with E-state index in [1.807, 2.05) is 0 Å². The molecule has 3 heterocycles. The number of carbonyl (C=O) groups is 1. The van der Waals surface area contributed by atoms with Crippen LogP contribution >= 0.6 is 15.9 Å². The fraction of sp³-hybridized carbons (Fsp3) is 0.316. The molecule has 1 aromatic carbocycles. The number of hydrogen-bond donors (Lipinski definition) is 0. The van der Waals surface area contributed by atoms with E-state index in [1.54, 1.807) is 4.90 Å². The number of amides is 1. The summed E-state index contributed by atoms with van der Waals surface area (Å²) in [5.74, 6) is -0.598. The van der Waals surface area contributed by atoms with Gasteiger partial charge in [0.25, 0.3) is 5.91 Å². The van der Waals surface area contributed by atoms with Gasteiger partial charge in [-0.15, -0.1) is 10.2 Å². The molecule has 1 amide bonds. The minimum absolute atomic E-state index is 0.259. The molecule has 0 aliphatic carbocycles. The first-order valence-corrected chi connectivity index (χ1v) is 9.69. The molecule has 1 aliphatic heterocycles. The van der Waals surface area contributed by atoms with Gasteiger partial charge in [-0.3, -0.25) is 9.20 Å². The van der Waals surface area contributed by atoms with Crippen LogP contribution in [0.3, 0.4) is 0 Å². The molecule has 29 heavy (non-hydrogen) atoms. The van der Waals surface area contributed by atoms with Gasteiger partial charge in [0.2, 0.25) is 0 Å². The summed E-state index contributed by atoms with van der Waals surface area (Å²) in [5, 5.41) is 8.05. The van der Waals surface area contributed by atoms with E-state index in [0.717, 1.165) is 12.3 Å². The van der Waals surface area contributed by atoms with Crippen molar-refractivity contribution in [3.8, 4) is 0 Å². The summed E-state index contributed by atoms with van der Waals surface area (Å²) in [6.07, 6.45) is -2.14. The van der Waals surface area contributed by atoms with Crippen LogP contribution in [0.2, 0.25) is 0 Å². The standard InChI is InChI=1S/C19H15BrF4N4O/c20-15-8-13(21)4-5-14(15)18(29)27-7-1-2-11(9-27)17-26-25-16-6-3-12(10-28(16)17)19(22,23)24/h3-6,8,10-11H,1-2,7,9H2.